The molecule has 0 saturated heterocycles. The quantitative estimate of drug-likeness (QED) is 0.857. The van der Waals surface area contributed by atoms with Crippen molar-refractivity contribution in [2.75, 3.05) is 18.5 Å². The smallest absolute Gasteiger partial charge is 0.146 e. The van der Waals surface area contributed by atoms with Crippen molar-refractivity contribution in [2.45, 2.75) is 20.0 Å². The number of ether oxygens (including phenoxy) is 1. The molecule has 0 aliphatic rings. The highest BCUT2D eigenvalue weighted by Crippen LogP contribution is 2.17. The Morgan fingerprint density at radius 1 is 1.19 bits per heavy atom. The van der Waals surface area contributed by atoms with Gasteiger partial charge in [-0.3, -0.25) is 0 Å². The van der Waals surface area contributed by atoms with E-state index in [-0.39, 0.29) is 19.0 Å². The number of nitrogens with one attached hydrogen (secondary N) is 1. The normalized spacial score (nSPS) is 12.0. The van der Waals surface area contributed by atoms with Crippen molar-refractivity contribution < 1.29 is 14.2 Å². The molecule has 3 nitrogen and oxygen atoms in total. The predicted octanol–water partition coefficient (Wildman–Crippen LogP) is 3.29. The minimum absolute atomic E-state index is 0.158. The van der Waals surface area contributed by atoms with E-state index < -0.39 is 6.10 Å². The lowest BCUT2D eigenvalue weighted by Gasteiger charge is -2.15. The number of hydrogen-bond donors (Lipinski definition) is 2. The number of aliphatic hydroxyl groups is 1. The maximum absolute atomic E-state index is 13.6. The summed E-state index contributed by atoms with van der Waals surface area (Å²) in [5.41, 5.74) is 2.26. The van der Waals surface area contributed by atoms with Gasteiger partial charge in [0.2, 0.25) is 0 Å². The van der Waals surface area contributed by atoms with Crippen LogP contribution in [0.1, 0.15) is 11.1 Å². The Bertz CT molecular complexity index is 601. The fraction of sp³-hybridized carbons (Fsp3) is 0.294. The van der Waals surface area contributed by atoms with E-state index in [0.29, 0.717) is 5.69 Å². The average molecular weight is 289 g/mol. The summed E-state index contributed by atoms with van der Waals surface area (Å²) in [6.45, 7) is 4.16. The maximum Gasteiger partial charge on any atom is 0.146 e. The van der Waals surface area contributed by atoms with E-state index in [4.69, 9.17) is 4.74 Å². The highest BCUT2D eigenvalue weighted by Gasteiger charge is 2.08. The average Bonchev–Trinajstić information content (AvgIpc) is 2.45. The molecule has 2 rings (SSSR count). The Morgan fingerprint density at radius 3 is 2.67 bits per heavy atom. The predicted molar refractivity (Wildman–Crippen MR) is 82.3 cm³/mol. The maximum atomic E-state index is 13.6. The van der Waals surface area contributed by atoms with Crippen LogP contribution >= 0.6 is 0 Å². The van der Waals surface area contributed by atoms with Crippen LogP contribution in [0.25, 0.3) is 0 Å². The van der Waals surface area contributed by atoms with E-state index in [9.17, 15) is 9.50 Å². The van der Waals surface area contributed by atoms with Crippen LogP contribution in [-0.4, -0.2) is 24.4 Å². The van der Waals surface area contributed by atoms with Crippen molar-refractivity contribution in [2.24, 2.45) is 0 Å². The monoisotopic (exact) mass is 289 g/mol. The van der Waals surface area contributed by atoms with E-state index in [1.165, 1.54) is 6.07 Å². The second-order valence-corrected chi connectivity index (χ2v) is 5.09. The first kappa shape index (κ1) is 15.3. The fourth-order valence-electron chi connectivity index (χ4n) is 1.95. The molecule has 0 aromatic heterocycles. The van der Waals surface area contributed by atoms with Gasteiger partial charge >= 0.3 is 0 Å². The van der Waals surface area contributed by atoms with Gasteiger partial charge in [0.25, 0.3) is 0 Å². The molecule has 2 aromatic carbocycles. The molecule has 21 heavy (non-hydrogen) atoms. The number of para-hydroxylation sites is 1. The number of rotatable bonds is 6. The lowest BCUT2D eigenvalue weighted by molar-refractivity contribution is 0.117. The molecule has 0 fully saturated rings. The largest absolute Gasteiger partial charge is 0.491 e. The second-order valence-electron chi connectivity index (χ2n) is 5.09. The highest BCUT2D eigenvalue weighted by atomic mass is 19.1. The zero-order valence-corrected chi connectivity index (χ0v) is 12.3. The van der Waals surface area contributed by atoms with E-state index >= 15 is 0 Å². The third-order valence-electron chi connectivity index (χ3n) is 3.18. The zero-order valence-electron chi connectivity index (χ0n) is 12.3. The van der Waals surface area contributed by atoms with Crippen molar-refractivity contribution >= 4 is 5.69 Å². The lowest BCUT2D eigenvalue weighted by atomic mass is 10.2. The summed E-state index contributed by atoms with van der Waals surface area (Å²) < 4.78 is 19.2. The molecule has 2 aromatic rings. The minimum atomic E-state index is -0.717. The molecular weight excluding hydrogens is 269 g/mol. The molecule has 0 heterocycles. The van der Waals surface area contributed by atoms with E-state index in [0.717, 1.165) is 16.9 Å². The van der Waals surface area contributed by atoms with Gasteiger partial charge in [-0.2, -0.15) is 0 Å². The molecule has 1 atom stereocenters. The van der Waals surface area contributed by atoms with Gasteiger partial charge in [0, 0.05) is 6.54 Å². The number of hydrogen-bond acceptors (Lipinski definition) is 3. The Labute approximate surface area is 124 Å². The first-order valence-electron chi connectivity index (χ1n) is 6.93. The van der Waals surface area contributed by atoms with Crippen molar-refractivity contribution in [1.29, 1.82) is 0 Å². The minimum Gasteiger partial charge on any atom is -0.491 e. The molecule has 0 aliphatic heterocycles. The number of benzene rings is 2. The number of halogens is 1. The van der Waals surface area contributed by atoms with Crippen molar-refractivity contribution in [1.82, 2.24) is 0 Å². The number of aliphatic hydroxyl groups excluding tert-OH is 1. The molecule has 2 N–H and O–H groups in total. The van der Waals surface area contributed by atoms with Crippen LogP contribution < -0.4 is 10.1 Å². The summed E-state index contributed by atoms with van der Waals surface area (Å²) in [6.07, 6.45) is -0.717. The third kappa shape index (κ3) is 4.46. The van der Waals surface area contributed by atoms with Crippen LogP contribution in [0.4, 0.5) is 10.1 Å². The SMILES string of the molecule is Cc1ccc(NCC(O)COc2ccccc2C)c(F)c1. The summed E-state index contributed by atoms with van der Waals surface area (Å²) in [4.78, 5) is 0. The molecule has 112 valence electrons. The van der Waals surface area contributed by atoms with Gasteiger partial charge in [-0.05, 0) is 43.2 Å². The molecule has 0 radical (unpaired) electrons. The van der Waals surface area contributed by atoms with Crippen molar-refractivity contribution in [3.8, 4) is 5.75 Å². The molecular formula is C17H20FNO2. The van der Waals surface area contributed by atoms with Gasteiger partial charge in [-0.25, -0.2) is 4.39 Å². The molecule has 0 saturated carbocycles. The fourth-order valence-corrected chi connectivity index (χ4v) is 1.95. The van der Waals surface area contributed by atoms with E-state index in [2.05, 4.69) is 5.32 Å². The Kier molecular flexibility index (Phi) is 5.17. The van der Waals surface area contributed by atoms with Crippen LogP contribution in [0, 0.1) is 19.7 Å². The van der Waals surface area contributed by atoms with Crippen molar-refractivity contribution in [3.05, 3.63) is 59.4 Å². The summed E-state index contributed by atoms with van der Waals surface area (Å²) in [5, 5.41) is 12.8. The van der Waals surface area contributed by atoms with Gasteiger partial charge in [0.05, 0.1) is 5.69 Å². The van der Waals surface area contributed by atoms with Gasteiger partial charge in [-0.1, -0.05) is 24.3 Å². The Morgan fingerprint density at radius 2 is 1.95 bits per heavy atom. The first-order chi connectivity index (χ1) is 10.1. The molecule has 0 aliphatic carbocycles. The van der Waals surface area contributed by atoms with Crippen LogP contribution in [0.5, 0.6) is 5.75 Å². The summed E-state index contributed by atoms with van der Waals surface area (Å²) in [5.74, 6) is 0.431. The van der Waals surface area contributed by atoms with E-state index in [1.54, 1.807) is 6.07 Å². The van der Waals surface area contributed by atoms with Crippen molar-refractivity contribution in [3.63, 3.8) is 0 Å². The molecule has 1 unspecified atom stereocenters. The van der Waals surface area contributed by atoms with Gasteiger partial charge in [0.15, 0.2) is 0 Å². The first-order valence-corrected chi connectivity index (χ1v) is 6.93. The van der Waals surface area contributed by atoms with Gasteiger partial charge in [-0.15, -0.1) is 0 Å². The molecule has 4 heteroatoms. The van der Waals surface area contributed by atoms with Crippen LogP contribution in [0.2, 0.25) is 0 Å². The summed E-state index contributed by atoms with van der Waals surface area (Å²) in [7, 11) is 0. The molecule has 0 amide bonds. The number of aryl methyl sites for hydroxylation is 2. The zero-order chi connectivity index (χ0) is 15.2. The topological polar surface area (TPSA) is 41.5 Å². The molecule has 0 spiro atoms. The Hall–Kier alpha value is -2.07. The molecule has 0 bridgehead atoms. The van der Waals surface area contributed by atoms with Gasteiger partial charge in [0.1, 0.15) is 24.3 Å². The summed E-state index contributed by atoms with van der Waals surface area (Å²) >= 11 is 0. The standard InChI is InChI=1S/C17H20FNO2/c1-12-7-8-16(15(18)9-12)19-10-14(20)11-21-17-6-4-3-5-13(17)2/h3-9,14,19-20H,10-11H2,1-2H3. The highest BCUT2D eigenvalue weighted by molar-refractivity contribution is 5.46. The number of anilines is 1. The van der Waals surface area contributed by atoms with Crippen LogP contribution in [-0.2, 0) is 0 Å². The van der Waals surface area contributed by atoms with Crippen LogP contribution in [0.3, 0.4) is 0 Å². The lowest BCUT2D eigenvalue weighted by Crippen LogP contribution is -2.26. The third-order valence-corrected chi connectivity index (χ3v) is 3.18. The van der Waals surface area contributed by atoms with E-state index in [1.807, 2.05) is 44.2 Å². The summed E-state index contributed by atoms with van der Waals surface area (Å²) in [6, 6.07) is 12.6. The van der Waals surface area contributed by atoms with Crippen LogP contribution in [0.15, 0.2) is 42.5 Å². The second kappa shape index (κ2) is 7.09. The Balaban J connectivity index is 1.82. The van der Waals surface area contributed by atoms with Gasteiger partial charge < -0.3 is 15.2 Å².